The predicted octanol–water partition coefficient (Wildman–Crippen LogP) is 1.18. The number of aliphatic carboxylic acids is 1. The fourth-order valence-corrected chi connectivity index (χ4v) is 2.47. The molecule has 0 aliphatic carbocycles. The molecule has 6 nitrogen and oxygen atoms in total. The first-order valence-corrected chi connectivity index (χ1v) is 6.66. The lowest BCUT2D eigenvalue weighted by atomic mass is 9.75. The lowest BCUT2D eigenvalue weighted by Gasteiger charge is -2.33. The topological polar surface area (TPSA) is 93.1 Å². The second-order valence-corrected chi connectivity index (χ2v) is 5.11. The standard InChI is InChI=1S/C15H18O6/c1-20-11-4-2-3-10(7-11)12(16)8-15(14(18)19)9-21-6-5-13(15)17/h2-4,7,12,16H,5-6,8-9H2,1H3,(H,18,19). The Morgan fingerprint density at radius 1 is 1.52 bits per heavy atom. The molecule has 2 atom stereocenters. The van der Waals surface area contributed by atoms with Crippen molar-refractivity contribution in [2.75, 3.05) is 20.3 Å². The molecule has 2 N–H and O–H groups in total. The van der Waals surface area contributed by atoms with Crippen LogP contribution in [0, 0.1) is 5.41 Å². The van der Waals surface area contributed by atoms with E-state index in [-0.39, 0.29) is 26.1 Å². The maximum atomic E-state index is 12.1. The minimum atomic E-state index is -1.68. The van der Waals surface area contributed by atoms with Crippen LogP contribution in [0.3, 0.4) is 0 Å². The molecular weight excluding hydrogens is 276 g/mol. The van der Waals surface area contributed by atoms with Gasteiger partial charge >= 0.3 is 5.97 Å². The second-order valence-electron chi connectivity index (χ2n) is 5.11. The molecular formula is C15H18O6. The SMILES string of the molecule is COc1cccc(C(O)CC2(C(=O)O)COCCC2=O)c1. The molecule has 2 rings (SSSR count). The molecule has 1 aliphatic rings. The Morgan fingerprint density at radius 3 is 2.90 bits per heavy atom. The summed E-state index contributed by atoms with van der Waals surface area (Å²) in [4.78, 5) is 23.6. The highest BCUT2D eigenvalue weighted by atomic mass is 16.5. The van der Waals surface area contributed by atoms with E-state index in [9.17, 15) is 19.8 Å². The maximum absolute atomic E-state index is 12.1. The number of hydrogen-bond donors (Lipinski definition) is 2. The number of carboxylic acids is 1. The zero-order valence-corrected chi connectivity index (χ0v) is 11.7. The minimum absolute atomic E-state index is 0.0527. The highest BCUT2D eigenvalue weighted by Gasteiger charge is 2.49. The average Bonchev–Trinajstić information content (AvgIpc) is 2.49. The fraction of sp³-hybridized carbons (Fsp3) is 0.467. The van der Waals surface area contributed by atoms with Gasteiger partial charge in [-0.25, -0.2) is 0 Å². The van der Waals surface area contributed by atoms with Crippen molar-refractivity contribution in [2.45, 2.75) is 18.9 Å². The molecule has 1 aromatic rings. The van der Waals surface area contributed by atoms with Crippen molar-refractivity contribution < 1.29 is 29.3 Å². The van der Waals surface area contributed by atoms with Gasteiger partial charge in [-0.15, -0.1) is 0 Å². The Balaban J connectivity index is 2.24. The van der Waals surface area contributed by atoms with E-state index in [2.05, 4.69) is 0 Å². The second kappa shape index (κ2) is 6.24. The van der Waals surface area contributed by atoms with Crippen molar-refractivity contribution in [3.8, 4) is 5.75 Å². The van der Waals surface area contributed by atoms with Gasteiger partial charge in [-0.2, -0.15) is 0 Å². The van der Waals surface area contributed by atoms with E-state index >= 15 is 0 Å². The molecule has 0 saturated carbocycles. The Morgan fingerprint density at radius 2 is 2.29 bits per heavy atom. The van der Waals surface area contributed by atoms with E-state index in [1.54, 1.807) is 24.3 Å². The third kappa shape index (κ3) is 3.06. The minimum Gasteiger partial charge on any atom is -0.497 e. The molecule has 0 bridgehead atoms. The van der Waals surface area contributed by atoms with Crippen LogP contribution in [0.4, 0.5) is 0 Å². The van der Waals surface area contributed by atoms with Gasteiger partial charge in [0, 0.05) is 12.8 Å². The summed E-state index contributed by atoms with van der Waals surface area (Å²) in [7, 11) is 1.50. The van der Waals surface area contributed by atoms with Crippen LogP contribution in [0.5, 0.6) is 5.75 Å². The number of ether oxygens (including phenoxy) is 2. The molecule has 0 radical (unpaired) electrons. The Kier molecular flexibility index (Phi) is 4.59. The van der Waals surface area contributed by atoms with Crippen LogP contribution < -0.4 is 4.74 Å². The molecule has 1 heterocycles. The van der Waals surface area contributed by atoms with E-state index in [0.29, 0.717) is 11.3 Å². The van der Waals surface area contributed by atoms with Gasteiger partial charge < -0.3 is 19.7 Å². The van der Waals surface area contributed by atoms with Crippen LogP contribution in [0.15, 0.2) is 24.3 Å². The third-order valence-corrected chi connectivity index (χ3v) is 3.79. The smallest absolute Gasteiger partial charge is 0.319 e. The van der Waals surface area contributed by atoms with E-state index in [0.717, 1.165) is 0 Å². The van der Waals surface area contributed by atoms with Crippen LogP contribution in [0.25, 0.3) is 0 Å². The third-order valence-electron chi connectivity index (χ3n) is 3.79. The molecule has 0 aromatic heterocycles. The number of benzene rings is 1. The van der Waals surface area contributed by atoms with E-state index in [1.807, 2.05) is 0 Å². The van der Waals surface area contributed by atoms with Gasteiger partial charge in [0.25, 0.3) is 0 Å². The van der Waals surface area contributed by atoms with E-state index in [4.69, 9.17) is 9.47 Å². The number of rotatable bonds is 5. The molecule has 21 heavy (non-hydrogen) atoms. The van der Waals surface area contributed by atoms with Crippen LogP contribution >= 0.6 is 0 Å². The van der Waals surface area contributed by atoms with Gasteiger partial charge in [0.15, 0.2) is 11.2 Å². The maximum Gasteiger partial charge on any atom is 0.319 e. The number of carbonyl (C=O) groups excluding carboxylic acids is 1. The van der Waals surface area contributed by atoms with Crippen LogP contribution in [-0.2, 0) is 14.3 Å². The molecule has 2 unspecified atom stereocenters. The molecule has 6 heteroatoms. The largest absolute Gasteiger partial charge is 0.497 e. The summed E-state index contributed by atoms with van der Waals surface area (Å²) in [6.07, 6.45) is -1.24. The van der Waals surface area contributed by atoms with Crippen LogP contribution in [0.1, 0.15) is 24.5 Å². The first kappa shape index (κ1) is 15.5. The van der Waals surface area contributed by atoms with Gasteiger partial charge in [-0.3, -0.25) is 9.59 Å². The number of hydrogen-bond acceptors (Lipinski definition) is 5. The lowest BCUT2D eigenvalue weighted by Crippen LogP contribution is -2.48. The molecule has 1 aliphatic heterocycles. The van der Waals surface area contributed by atoms with Crippen molar-refractivity contribution in [3.63, 3.8) is 0 Å². The molecule has 1 aromatic carbocycles. The summed E-state index contributed by atoms with van der Waals surface area (Å²) in [5.41, 5.74) is -1.17. The van der Waals surface area contributed by atoms with Gasteiger partial charge in [0.05, 0.1) is 26.4 Å². The molecule has 114 valence electrons. The summed E-state index contributed by atoms with van der Waals surface area (Å²) in [5.74, 6) is -1.10. The number of aliphatic hydroxyl groups is 1. The van der Waals surface area contributed by atoms with Gasteiger partial charge in [0.2, 0.25) is 0 Å². The zero-order valence-electron chi connectivity index (χ0n) is 11.7. The molecule has 1 fully saturated rings. The van der Waals surface area contributed by atoms with E-state index in [1.165, 1.54) is 7.11 Å². The quantitative estimate of drug-likeness (QED) is 0.792. The fourth-order valence-electron chi connectivity index (χ4n) is 2.47. The number of aliphatic hydroxyl groups excluding tert-OH is 1. The molecule has 1 saturated heterocycles. The summed E-state index contributed by atoms with van der Waals surface area (Å²) >= 11 is 0. The van der Waals surface area contributed by atoms with E-state index < -0.39 is 23.3 Å². The Labute approximate surface area is 122 Å². The van der Waals surface area contributed by atoms with Crippen molar-refractivity contribution in [2.24, 2.45) is 5.41 Å². The lowest BCUT2D eigenvalue weighted by molar-refractivity contribution is -0.167. The molecule has 0 spiro atoms. The molecule has 0 amide bonds. The first-order valence-electron chi connectivity index (χ1n) is 6.66. The highest BCUT2D eigenvalue weighted by molar-refractivity contribution is 6.03. The monoisotopic (exact) mass is 294 g/mol. The average molecular weight is 294 g/mol. The number of methoxy groups -OCH3 is 1. The Bertz CT molecular complexity index is 541. The normalized spacial score (nSPS) is 23.6. The Hall–Kier alpha value is -1.92. The predicted molar refractivity (Wildman–Crippen MR) is 73.1 cm³/mol. The number of ketones is 1. The van der Waals surface area contributed by atoms with Gasteiger partial charge in [-0.05, 0) is 17.7 Å². The first-order chi connectivity index (χ1) is 9.99. The summed E-state index contributed by atoms with van der Waals surface area (Å²) in [5, 5.41) is 19.7. The van der Waals surface area contributed by atoms with Gasteiger partial charge in [0.1, 0.15) is 5.75 Å². The van der Waals surface area contributed by atoms with Crippen molar-refractivity contribution >= 4 is 11.8 Å². The summed E-state index contributed by atoms with van der Waals surface area (Å²) < 4.78 is 10.2. The van der Waals surface area contributed by atoms with Crippen molar-refractivity contribution in [3.05, 3.63) is 29.8 Å². The van der Waals surface area contributed by atoms with Crippen molar-refractivity contribution in [1.29, 1.82) is 0 Å². The summed E-state index contributed by atoms with van der Waals surface area (Å²) in [6.45, 7) is 0.0192. The van der Waals surface area contributed by atoms with Crippen molar-refractivity contribution in [1.82, 2.24) is 0 Å². The van der Waals surface area contributed by atoms with Crippen LogP contribution in [-0.4, -0.2) is 42.3 Å². The van der Waals surface area contributed by atoms with Crippen LogP contribution in [0.2, 0.25) is 0 Å². The highest BCUT2D eigenvalue weighted by Crippen LogP contribution is 2.36. The number of carbonyl (C=O) groups is 2. The zero-order chi connectivity index (χ0) is 15.5. The summed E-state index contributed by atoms with van der Waals surface area (Å²) in [6, 6.07) is 6.70. The number of carboxylic acid groups (broad SMARTS) is 1. The van der Waals surface area contributed by atoms with Gasteiger partial charge in [-0.1, -0.05) is 12.1 Å². The number of Topliss-reactive ketones (excluding diaryl/α,β-unsaturated/α-hetero) is 1.